The van der Waals surface area contributed by atoms with Gasteiger partial charge in [0.2, 0.25) is 0 Å². The van der Waals surface area contributed by atoms with E-state index < -0.39 is 4.92 Å². The Balaban J connectivity index is 2.41. The van der Waals surface area contributed by atoms with E-state index in [-0.39, 0.29) is 16.4 Å². The van der Waals surface area contributed by atoms with Crippen molar-refractivity contribution in [3.8, 4) is 5.69 Å². The Kier molecular flexibility index (Phi) is 4.08. The molecule has 0 unspecified atom stereocenters. The van der Waals surface area contributed by atoms with Gasteiger partial charge in [-0.3, -0.25) is 10.1 Å². The second-order valence-corrected chi connectivity index (χ2v) is 4.21. The van der Waals surface area contributed by atoms with Crippen molar-refractivity contribution < 1.29 is 4.92 Å². The molecule has 1 aromatic carbocycles. The first-order valence-electron chi connectivity index (χ1n) is 5.68. The van der Waals surface area contributed by atoms with Gasteiger partial charge in [-0.1, -0.05) is 29.8 Å². The van der Waals surface area contributed by atoms with E-state index in [1.54, 1.807) is 12.3 Å². The zero-order chi connectivity index (χ0) is 13.8. The molecule has 8 heteroatoms. The number of benzene rings is 1. The lowest BCUT2D eigenvalue weighted by atomic mass is 10.2. The first-order chi connectivity index (χ1) is 9.13. The van der Waals surface area contributed by atoms with Crippen molar-refractivity contribution in [3.63, 3.8) is 0 Å². The van der Waals surface area contributed by atoms with Crippen LogP contribution < -0.4 is 5.32 Å². The van der Waals surface area contributed by atoms with Crippen LogP contribution in [0.3, 0.4) is 0 Å². The van der Waals surface area contributed by atoms with Crippen LogP contribution in [0.15, 0.2) is 24.4 Å². The van der Waals surface area contributed by atoms with E-state index in [1.807, 2.05) is 6.92 Å². The van der Waals surface area contributed by atoms with Gasteiger partial charge in [0.15, 0.2) is 5.69 Å². The van der Waals surface area contributed by atoms with Gasteiger partial charge in [-0.05, 0) is 12.6 Å². The van der Waals surface area contributed by atoms with Crippen molar-refractivity contribution in [2.75, 3.05) is 6.54 Å². The fourth-order valence-electron chi connectivity index (χ4n) is 1.62. The van der Waals surface area contributed by atoms with Crippen molar-refractivity contribution in [1.82, 2.24) is 20.3 Å². The smallest absolute Gasteiger partial charge is 0.296 e. The molecule has 0 aliphatic rings. The van der Waals surface area contributed by atoms with Crippen LogP contribution in [0.2, 0.25) is 5.02 Å². The molecule has 0 atom stereocenters. The van der Waals surface area contributed by atoms with Gasteiger partial charge in [-0.25, -0.2) is 4.68 Å². The summed E-state index contributed by atoms with van der Waals surface area (Å²) >= 11 is 6.01. The molecule has 0 spiro atoms. The summed E-state index contributed by atoms with van der Waals surface area (Å²) in [4.78, 5) is 10.5. The summed E-state index contributed by atoms with van der Waals surface area (Å²) in [6.45, 7) is 3.33. The zero-order valence-corrected chi connectivity index (χ0v) is 11.0. The van der Waals surface area contributed by atoms with Gasteiger partial charge in [0.05, 0.1) is 21.8 Å². The summed E-state index contributed by atoms with van der Waals surface area (Å²) in [7, 11) is 0. The first-order valence-corrected chi connectivity index (χ1v) is 6.06. The summed E-state index contributed by atoms with van der Waals surface area (Å²) in [6, 6.07) is 4.49. The molecular formula is C11H12ClN5O2. The molecular weight excluding hydrogens is 270 g/mol. The number of rotatable bonds is 5. The number of halogens is 1. The van der Waals surface area contributed by atoms with Gasteiger partial charge >= 0.3 is 0 Å². The Morgan fingerprint density at radius 3 is 3.00 bits per heavy atom. The topological polar surface area (TPSA) is 85.9 Å². The molecule has 1 aromatic heterocycles. The minimum Gasteiger partial charge on any atom is -0.311 e. The fourth-order valence-corrected chi connectivity index (χ4v) is 1.88. The summed E-state index contributed by atoms with van der Waals surface area (Å²) in [5.74, 6) is 0. The van der Waals surface area contributed by atoms with E-state index in [0.29, 0.717) is 12.2 Å². The van der Waals surface area contributed by atoms with E-state index in [4.69, 9.17) is 11.6 Å². The molecule has 7 nitrogen and oxygen atoms in total. The second kappa shape index (κ2) is 5.77. The summed E-state index contributed by atoms with van der Waals surface area (Å²) < 4.78 is 1.33. The number of para-hydroxylation sites is 1. The molecule has 0 fully saturated rings. The molecule has 0 saturated carbocycles. The summed E-state index contributed by atoms with van der Waals surface area (Å²) in [5, 5.41) is 22.2. The number of nitro groups is 1. The minimum absolute atomic E-state index is 0.104. The van der Waals surface area contributed by atoms with Crippen molar-refractivity contribution in [1.29, 1.82) is 0 Å². The maximum absolute atomic E-state index is 11.0. The van der Waals surface area contributed by atoms with E-state index >= 15 is 0 Å². The zero-order valence-electron chi connectivity index (χ0n) is 10.2. The Hall–Kier alpha value is -1.99. The highest BCUT2D eigenvalue weighted by Crippen LogP contribution is 2.29. The normalized spacial score (nSPS) is 10.6. The van der Waals surface area contributed by atoms with Gasteiger partial charge in [0.1, 0.15) is 0 Å². The molecule has 1 heterocycles. The summed E-state index contributed by atoms with van der Waals surface area (Å²) in [5.41, 5.74) is 0.813. The number of aromatic nitrogens is 3. The molecule has 0 bridgehead atoms. The van der Waals surface area contributed by atoms with Gasteiger partial charge in [0.25, 0.3) is 5.69 Å². The number of nitro benzene ring substituents is 1. The number of nitrogens with one attached hydrogen (secondary N) is 1. The van der Waals surface area contributed by atoms with Crippen molar-refractivity contribution in [2.24, 2.45) is 0 Å². The fraction of sp³-hybridized carbons (Fsp3) is 0.273. The van der Waals surface area contributed by atoms with Gasteiger partial charge < -0.3 is 5.32 Å². The summed E-state index contributed by atoms with van der Waals surface area (Å²) in [6.07, 6.45) is 1.62. The minimum atomic E-state index is -0.493. The molecule has 100 valence electrons. The molecule has 0 amide bonds. The van der Waals surface area contributed by atoms with E-state index in [9.17, 15) is 10.1 Å². The standard InChI is InChI=1S/C11H12ClN5O2/c1-2-13-6-8-7-16(15-14-8)11-9(12)4-3-5-10(11)17(18)19/h3-5,7,13H,2,6H2,1H3. The SMILES string of the molecule is CCNCc1cn(-c2c(Cl)cccc2[N+](=O)[O-])nn1. The van der Waals surface area contributed by atoms with Crippen LogP contribution in [0.4, 0.5) is 5.69 Å². The van der Waals surface area contributed by atoms with Gasteiger partial charge in [-0.2, -0.15) is 0 Å². The maximum atomic E-state index is 11.0. The lowest BCUT2D eigenvalue weighted by Crippen LogP contribution is -2.11. The van der Waals surface area contributed by atoms with Crippen LogP contribution in [0, 0.1) is 10.1 Å². The van der Waals surface area contributed by atoms with E-state index in [1.165, 1.54) is 16.8 Å². The highest BCUT2D eigenvalue weighted by Gasteiger charge is 2.19. The van der Waals surface area contributed by atoms with Crippen LogP contribution in [-0.2, 0) is 6.54 Å². The number of nitrogens with zero attached hydrogens (tertiary/aromatic N) is 4. The van der Waals surface area contributed by atoms with E-state index in [2.05, 4.69) is 15.6 Å². The molecule has 2 aromatic rings. The quantitative estimate of drug-likeness (QED) is 0.668. The third-order valence-corrected chi connectivity index (χ3v) is 2.79. The molecule has 0 aliphatic carbocycles. The van der Waals surface area contributed by atoms with Crippen molar-refractivity contribution in [2.45, 2.75) is 13.5 Å². The third kappa shape index (κ3) is 2.88. The van der Waals surface area contributed by atoms with Crippen LogP contribution >= 0.6 is 11.6 Å². The number of hydrogen-bond acceptors (Lipinski definition) is 5. The van der Waals surface area contributed by atoms with Gasteiger partial charge in [0, 0.05) is 12.6 Å². The highest BCUT2D eigenvalue weighted by atomic mass is 35.5. The predicted molar refractivity (Wildman–Crippen MR) is 70.4 cm³/mol. The Bertz CT molecular complexity index is 599. The van der Waals surface area contributed by atoms with Crippen LogP contribution in [-0.4, -0.2) is 26.5 Å². The Morgan fingerprint density at radius 1 is 1.53 bits per heavy atom. The first kappa shape index (κ1) is 13.4. The van der Waals surface area contributed by atoms with Crippen LogP contribution in [0.1, 0.15) is 12.6 Å². The van der Waals surface area contributed by atoms with Crippen LogP contribution in [0.25, 0.3) is 5.69 Å². The van der Waals surface area contributed by atoms with Crippen molar-refractivity contribution in [3.05, 3.63) is 45.2 Å². The average Bonchev–Trinajstić information content (AvgIpc) is 2.84. The lowest BCUT2D eigenvalue weighted by molar-refractivity contribution is -0.384. The average molecular weight is 282 g/mol. The third-order valence-electron chi connectivity index (χ3n) is 2.49. The molecule has 0 aliphatic heterocycles. The lowest BCUT2D eigenvalue weighted by Gasteiger charge is -2.03. The molecule has 1 N–H and O–H groups in total. The second-order valence-electron chi connectivity index (χ2n) is 3.80. The Labute approximate surface area is 114 Å². The molecule has 2 rings (SSSR count). The molecule has 19 heavy (non-hydrogen) atoms. The van der Waals surface area contributed by atoms with Crippen LogP contribution in [0.5, 0.6) is 0 Å². The van der Waals surface area contributed by atoms with Crippen molar-refractivity contribution >= 4 is 17.3 Å². The monoisotopic (exact) mass is 281 g/mol. The van der Waals surface area contributed by atoms with Gasteiger partial charge in [-0.15, -0.1) is 5.10 Å². The number of hydrogen-bond donors (Lipinski definition) is 1. The highest BCUT2D eigenvalue weighted by molar-refractivity contribution is 6.32. The maximum Gasteiger partial charge on any atom is 0.296 e. The molecule has 0 radical (unpaired) electrons. The predicted octanol–water partition coefficient (Wildman–Crippen LogP) is 1.94. The molecule has 0 saturated heterocycles. The van der Waals surface area contributed by atoms with E-state index in [0.717, 1.165) is 6.54 Å². The largest absolute Gasteiger partial charge is 0.311 e. The Morgan fingerprint density at radius 2 is 2.32 bits per heavy atom.